The molecule has 3 aromatic rings. The molecule has 2 aromatic carbocycles. The van der Waals surface area contributed by atoms with Gasteiger partial charge in [0, 0.05) is 18.5 Å². The van der Waals surface area contributed by atoms with Gasteiger partial charge >= 0.3 is 12.0 Å². The molecule has 0 N–H and O–H groups in total. The summed E-state index contributed by atoms with van der Waals surface area (Å²) in [5.41, 5.74) is 1.69. The first kappa shape index (κ1) is 20.5. The Morgan fingerprint density at radius 1 is 0.862 bits per heavy atom. The van der Waals surface area contributed by atoms with Crippen LogP contribution in [0.3, 0.4) is 0 Å². The van der Waals surface area contributed by atoms with Gasteiger partial charge in [-0.1, -0.05) is 60.7 Å². The van der Waals surface area contributed by atoms with Gasteiger partial charge in [-0.2, -0.15) is 0 Å². The van der Waals surface area contributed by atoms with Crippen molar-refractivity contribution in [3.8, 4) is 6.01 Å². The molecule has 0 radical (unpaired) electrons. The van der Waals surface area contributed by atoms with Gasteiger partial charge in [0.25, 0.3) is 0 Å². The van der Waals surface area contributed by atoms with Crippen LogP contribution in [0, 0.1) is 13.8 Å². The number of carbonyl (C=O) groups is 1. The second-order valence-corrected chi connectivity index (χ2v) is 6.63. The third kappa shape index (κ3) is 4.12. The van der Waals surface area contributed by atoms with E-state index in [0.29, 0.717) is 0 Å². The predicted octanol–water partition coefficient (Wildman–Crippen LogP) is 3.60. The van der Waals surface area contributed by atoms with Crippen LogP contribution in [0.2, 0.25) is 0 Å². The summed E-state index contributed by atoms with van der Waals surface area (Å²) < 4.78 is 17.2. The highest BCUT2D eigenvalue weighted by Gasteiger charge is 2.50. The molecule has 1 atom stereocenters. The first-order valence-corrected chi connectivity index (χ1v) is 9.24. The fourth-order valence-electron chi connectivity index (χ4n) is 3.44. The van der Waals surface area contributed by atoms with Crippen molar-refractivity contribution in [2.75, 3.05) is 14.2 Å². The number of nitrogens with zero attached hydrogens (tertiary/aromatic N) is 2. The van der Waals surface area contributed by atoms with Crippen molar-refractivity contribution in [2.45, 2.75) is 25.6 Å². The number of hydrogen-bond donors (Lipinski definition) is 0. The average Bonchev–Trinajstić information content (AvgIpc) is 2.74. The second-order valence-electron chi connectivity index (χ2n) is 6.63. The summed E-state index contributed by atoms with van der Waals surface area (Å²) in [6, 6.07) is 20.8. The van der Waals surface area contributed by atoms with Crippen LogP contribution >= 0.6 is 0 Å². The first-order chi connectivity index (χ1) is 14.0. The van der Waals surface area contributed by atoms with E-state index in [0.717, 1.165) is 22.5 Å². The highest BCUT2D eigenvalue weighted by molar-refractivity contribution is 5.78. The molecular weight excluding hydrogens is 368 g/mol. The predicted molar refractivity (Wildman–Crippen MR) is 109 cm³/mol. The zero-order chi connectivity index (χ0) is 20.9. The van der Waals surface area contributed by atoms with Gasteiger partial charge < -0.3 is 14.2 Å². The summed E-state index contributed by atoms with van der Waals surface area (Å²) in [6.07, 6.45) is -1.18. The molecule has 0 saturated heterocycles. The minimum absolute atomic E-state index is 0.0891. The van der Waals surface area contributed by atoms with Gasteiger partial charge in [0.2, 0.25) is 6.10 Å². The quantitative estimate of drug-likeness (QED) is 0.572. The van der Waals surface area contributed by atoms with E-state index in [1.807, 2.05) is 80.6 Å². The summed E-state index contributed by atoms with van der Waals surface area (Å²) in [5.74, 6) is -0.595. The Morgan fingerprint density at radius 3 is 1.76 bits per heavy atom. The number of carbonyl (C=O) groups excluding carboxylic acids is 1. The lowest BCUT2D eigenvalue weighted by atomic mass is 9.81. The lowest BCUT2D eigenvalue weighted by Gasteiger charge is -2.38. The molecular formula is C23H24N2O4. The topological polar surface area (TPSA) is 70.5 Å². The van der Waals surface area contributed by atoms with Crippen LogP contribution in [0.4, 0.5) is 0 Å². The molecule has 29 heavy (non-hydrogen) atoms. The van der Waals surface area contributed by atoms with Crippen LogP contribution in [-0.2, 0) is 19.9 Å². The molecule has 0 unspecified atom stereocenters. The molecule has 1 aromatic heterocycles. The smallest absolute Gasteiger partial charge is 0.351 e. The third-order valence-electron chi connectivity index (χ3n) is 4.70. The van der Waals surface area contributed by atoms with E-state index >= 15 is 0 Å². The van der Waals surface area contributed by atoms with Gasteiger partial charge in [-0.3, -0.25) is 0 Å². The molecule has 0 fully saturated rings. The van der Waals surface area contributed by atoms with Crippen molar-refractivity contribution in [1.82, 2.24) is 9.97 Å². The minimum atomic E-state index is -1.27. The van der Waals surface area contributed by atoms with E-state index in [1.54, 1.807) is 7.11 Å². The van der Waals surface area contributed by atoms with Gasteiger partial charge in [0.05, 0.1) is 7.11 Å². The number of rotatable bonds is 7. The normalized spacial score (nSPS) is 12.3. The number of methoxy groups -OCH3 is 2. The van der Waals surface area contributed by atoms with E-state index < -0.39 is 17.7 Å². The Hall–Kier alpha value is -3.25. The molecule has 6 nitrogen and oxygen atoms in total. The number of aryl methyl sites for hydroxylation is 2. The second kappa shape index (κ2) is 8.84. The molecule has 3 rings (SSSR count). The first-order valence-electron chi connectivity index (χ1n) is 9.24. The maximum atomic E-state index is 13.0. The number of aromatic nitrogens is 2. The van der Waals surface area contributed by atoms with Crippen LogP contribution in [0.1, 0.15) is 22.5 Å². The maximum Gasteiger partial charge on any atom is 0.351 e. The van der Waals surface area contributed by atoms with Crippen LogP contribution in [0.25, 0.3) is 0 Å². The molecule has 0 aliphatic heterocycles. The molecule has 0 aliphatic rings. The van der Waals surface area contributed by atoms with Gasteiger partial charge in [0.1, 0.15) is 0 Å². The highest BCUT2D eigenvalue weighted by atomic mass is 16.6. The summed E-state index contributed by atoms with van der Waals surface area (Å²) in [7, 11) is 2.86. The lowest BCUT2D eigenvalue weighted by Crippen LogP contribution is -2.51. The number of esters is 1. The SMILES string of the molecule is COC(=O)[C@H](Oc1nc(C)cc(C)n1)C(OC)(c1ccccc1)c1ccccc1. The molecule has 6 heteroatoms. The van der Waals surface area contributed by atoms with Crippen molar-refractivity contribution in [2.24, 2.45) is 0 Å². The van der Waals surface area contributed by atoms with Crippen molar-refractivity contribution in [1.29, 1.82) is 0 Å². The number of benzene rings is 2. The number of ether oxygens (including phenoxy) is 3. The van der Waals surface area contributed by atoms with Crippen LogP contribution < -0.4 is 4.74 Å². The lowest BCUT2D eigenvalue weighted by molar-refractivity contribution is -0.164. The summed E-state index contributed by atoms with van der Waals surface area (Å²) in [5, 5.41) is 0. The van der Waals surface area contributed by atoms with E-state index in [-0.39, 0.29) is 6.01 Å². The Bertz CT molecular complexity index is 901. The summed E-state index contributed by atoms with van der Waals surface area (Å²) >= 11 is 0. The fraction of sp³-hybridized carbons (Fsp3) is 0.261. The van der Waals surface area contributed by atoms with Crippen molar-refractivity contribution in [3.05, 3.63) is 89.2 Å². The van der Waals surface area contributed by atoms with E-state index in [2.05, 4.69) is 9.97 Å². The molecule has 1 heterocycles. The Labute approximate surface area is 170 Å². The average molecular weight is 392 g/mol. The summed E-state index contributed by atoms with van der Waals surface area (Å²) in [6.45, 7) is 3.68. The van der Waals surface area contributed by atoms with Gasteiger partial charge in [0.15, 0.2) is 5.60 Å². The van der Waals surface area contributed by atoms with Crippen LogP contribution in [0.5, 0.6) is 6.01 Å². The van der Waals surface area contributed by atoms with Crippen LogP contribution in [-0.4, -0.2) is 36.3 Å². The molecule has 0 bridgehead atoms. The molecule has 0 amide bonds. The third-order valence-corrected chi connectivity index (χ3v) is 4.70. The number of hydrogen-bond acceptors (Lipinski definition) is 6. The van der Waals surface area contributed by atoms with Crippen molar-refractivity contribution in [3.63, 3.8) is 0 Å². The Kier molecular flexibility index (Phi) is 6.24. The largest absolute Gasteiger partial charge is 0.466 e. The van der Waals surface area contributed by atoms with Gasteiger partial charge in [-0.15, -0.1) is 0 Å². The van der Waals surface area contributed by atoms with Crippen molar-refractivity contribution >= 4 is 5.97 Å². The van der Waals surface area contributed by atoms with Gasteiger partial charge in [-0.25, -0.2) is 14.8 Å². The monoisotopic (exact) mass is 392 g/mol. The Balaban J connectivity index is 2.22. The van der Waals surface area contributed by atoms with E-state index in [4.69, 9.17) is 14.2 Å². The Morgan fingerprint density at radius 2 is 1.34 bits per heavy atom. The minimum Gasteiger partial charge on any atom is -0.466 e. The zero-order valence-electron chi connectivity index (χ0n) is 17.0. The van der Waals surface area contributed by atoms with E-state index in [1.165, 1.54) is 7.11 Å². The van der Waals surface area contributed by atoms with E-state index in [9.17, 15) is 4.79 Å². The molecule has 0 aliphatic carbocycles. The maximum absolute atomic E-state index is 13.0. The standard InChI is InChI=1S/C23H24N2O4/c1-16-15-17(2)25-22(24-16)29-20(21(26)27-3)23(28-4,18-11-7-5-8-12-18)19-13-9-6-10-14-19/h5-15,20H,1-4H3/t20-/m0/s1. The van der Waals surface area contributed by atoms with Gasteiger partial charge in [-0.05, 0) is 31.0 Å². The molecule has 0 spiro atoms. The van der Waals surface area contributed by atoms with Crippen LogP contribution in [0.15, 0.2) is 66.7 Å². The highest BCUT2D eigenvalue weighted by Crippen LogP contribution is 2.38. The molecule has 0 saturated carbocycles. The summed E-state index contributed by atoms with van der Waals surface area (Å²) in [4.78, 5) is 21.6. The van der Waals surface area contributed by atoms with Crippen molar-refractivity contribution < 1.29 is 19.0 Å². The fourth-order valence-corrected chi connectivity index (χ4v) is 3.44. The molecule has 150 valence electrons. The zero-order valence-corrected chi connectivity index (χ0v) is 17.0.